The fourth-order valence-corrected chi connectivity index (χ4v) is 3.45. The molecule has 0 saturated carbocycles. The van der Waals surface area contributed by atoms with Crippen LogP contribution in [0.25, 0.3) is 0 Å². The molecule has 8 heteroatoms. The second kappa shape index (κ2) is 6.13. The lowest BCUT2D eigenvalue weighted by Crippen LogP contribution is -2.34. The first-order valence-electron chi connectivity index (χ1n) is 6.33. The quantitative estimate of drug-likeness (QED) is 0.838. The van der Waals surface area contributed by atoms with Crippen LogP contribution in [0, 0.1) is 19.8 Å². The first kappa shape index (κ1) is 17.0. The first-order chi connectivity index (χ1) is 9.05. The van der Waals surface area contributed by atoms with Gasteiger partial charge in [0.15, 0.2) is 0 Å². The standard InChI is InChI=1S/C12H20ClN3O3S/c1-7(2)6-14-12(17)10(5)16-9(4)11(8(3)15-16)20(13,18)19/h7,10H,6H2,1-5H3,(H,14,17). The molecule has 0 spiro atoms. The molecule has 1 aromatic rings. The fourth-order valence-electron chi connectivity index (χ4n) is 1.94. The van der Waals surface area contributed by atoms with E-state index in [0.717, 1.165) is 0 Å². The third kappa shape index (κ3) is 3.73. The van der Waals surface area contributed by atoms with Gasteiger partial charge in [-0.05, 0) is 26.7 Å². The van der Waals surface area contributed by atoms with E-state index in [1.165, 1.54) is 4.68 Å². The van der Waals surface area contributed by atoms with Crippen LogP contribution >= 0.6 is 10.7 Å². The minimum Gasteiger partial charge on any atom is -0.354 e. The predicted molar refractivity (Wildman–Crippen MR) is 77.3 cm³/mol. The molecule has 1 atom stereocenters. The molecule has 1 N–H and O–H groups in total. The van der Waals surface area contributed by atoms with Crippen LogP contribution in [0.2, 0.25) is 0 Å². The maximum absolute atomic E-state index is 12.0. The van der Waals surface area contributed by atoms with Gasteiger partial charge in [-0.25, -0.2) is 8.42 Å². The Morgan fingerprint density at radius 3 is 2.30 bits per heavy atom. The summed E-state index contributed by atoms with van der Waals surface area (Å²) in [5.41, 5.74) is 0.658. The van der Waals surface area contributed by atoms with Gasteiger partial charge >= 0.3 is 0 Å². The summed E-state index contributed by atoms with van der Waals surface area (Å²) in [7, 11) is 1.52. The van der Waals surface area contributed by atoms with Gasteiger partial charge in [-0.3, -0.25) is 9.48 Å². The molecule has 0 aliphatic carbocycles. The summed E-state index contributed by atoms with van der Waals surface area (Å²) < 4.78 is 24.4. The average Bonchev–Trinajstić information content (AvgIpc) is 2.59. The monoisotopic (exact) mass is 321 g/mol. The maximum atomic E-state index is 12.0. The van der Waals surface area contributed by atoms with E-state index in [1.54, 1.807) is 20.8 Å². The van der Waals surface area contributed by atoms with Crippen molar-refractivity contribution in [2.45, 2.75) is 45.6 Å². The number of aromatic nitrogens is 2. The zero-order valence-electron chi connectivity index (χ0n) is 12.3. The largest absolute Gasteiger partial charge is 0.354 e. The van der Waals surface area contributed by atoms with Crippen molar-refractivity contribution in [2.24, 2.45) is 5.92 Å². The van der Waals surface area contributed by atoms with Crippen molar-refractivity contribution in [1.29, 1.82) is 0 Å². The first-order valence-corrected chi connectivity index (χ1v) is 8.64. The number of aryl methyl sites for hydroxylation is 1. The van der Waals surface area contributed by atoms with Crippen LogP contribution in [0.1, 0.15) is 38.2 Å². The Labute approximate surface area is 123 Å². The third-order valence-electron chi connectivity index (χ3n) is 2.93. The molecule has 114 valence electrons. The van der Waals surface area contributed by atoms with E-state index in [2.05, 4.69) is 10.4 Å². The number of nitrogens with one attached hydrogen (secondary N) is 1. The number of hydrogen-bond acceptors (Lipinski definition) is 4. The lowest BCUT2D eigenvalue weighted by molar-refractivity contribution is -0.124. The molecule has 1 aromatic heterocycles. The molecule has 0 aromatic carbocycles. The van der Waals surface area contributed by atoms with Gasteiger partial charge < -0.3 is 5.32 Å². The van der Waals surface area contributed by atoms with Gasteiger partial charge in [0.1, 0.15) is 10.9 Å². The normalized spacial score (nSPS) is 13.6. The summed E-state index contributed by atoms with van der Waals surface area (Å²) in [4.78, 5) is 12.0. The summed E-state index contributed by atoms with van der Waals surface area (Å²) >= 11 is 0. The van der Waals surface area contributed by atoms with Crippen LogP contribution in [0.4, 0.5) is 0 Å². The topological polar surface area (TPSA) is 81.1 Å². The summed E-state index contributed by atoms with van der Waals surface area (Å²) in [6, 6.07) is -0.598. The molecular weight excluding hydrogens is 302 g/mol. The Kier molecular flexibility index (Phi) is 5.21. The van der Waals surface area contributed by atoms with E-state index < -0.39 is 15.1 Å². The van der Waals surface area contributed by atoms with Crippen LogP contribution in [0.5, 0.6) is 0 Å². The van der Waals surface area contributed by atoms with Crippen LogP contribution < -0.4 is 5.32 Å². The van der Waals surface area contributed by atoms with Crippen molar-refractivity contribution in [2.75, 3.05) is 6.54 Å². The van der Waals surface area contributed by atoms with E-state index >= 15 is 0 Å². The average molecular weight is 322 g/mol. The van der Waals surface area contributed by atoms with E-state index in [1.807, 2.05) is 13.8 Å². The number of halogens is 1. The molecule has 0 bridgehead atoms. The minimum atomic E-state index is -3.87. The predicted octanol–water partition coefficient (Wildman–Crippen LogP) is 1.76. The van der Waals surface area contributed by atoms with Crippen LogP contribution in [0.3, 0.4) is 0 Å². The molecule has 6 nitrogen and oxygen atoms in total. The van der Waals surface area contributed by atoms with Crippen LogP contribution in [0.15, 0.2) is 4.90 Å². The van der Waals surface area contributed by atoms with Gasteiger partial charge in [0.05, 0.1) is 11.4 Å². The Morgan fingerprint density at radius 1 is 1.35 bits per heavy atom. The molecule has 0 aliphatic rings. The fraction of sp³-hybridized carbons (Fsp3) is 0.667. The van der Waals surface area contributed by atoms with E-state index in [-0.39, 0.29) is 10.8 Å². The number of hydrogen-bond donors (Lipinski definition) is 1. The highest BCUT2D eigenvalue weighted by Gasteiger charge is 2.26. The Bertz CT molecular complexity index is 608. The molecule has 1 amide bonds. The Morgan fingerprint density at radius 2 is 1.90 bits per heavy atom. The van der Waals surface area contributed by atoms with Gasteiger partial charge in [-0.2, -0.15) is 5.10 Å². The maximum Gasteiger partial charge on any atom is 0.264 e. The number of amides is 1. The van der Waals surface area contributed by atoms with Crippen molar-refractivity contribution < 1.29 is 13.2 Å². The van der Waals surface area contributed by atoms with Crippen molar-refractivity contribution in [1.82, 2.24) is 15.1 Å². The van der Waals surface area contributed by atoms with E-state index in [9.17, 15) is 13.2 Å². The SMILES string of the molecule is Cc1nn(C(C)C(=O)NCC(C)C)c(C)c1S(=O)(=O)Cl. The van der Waals surface area contributed by atoms with Gasteiger partial charge in [0.2, 0.25) is 5.91 Å². The Hall–Kier alpha value is -1.08. The molecular formula is C12H20ClN3O3S. The highest BCUT2D eigenvalue weighted by atomic mass is 35.7. The zero-order chi connectivity index (χ0) is 15.7. The van der Waals surface area contributed by atoms with E-state index in [4.69, 9.17) is 10.7 Å². The Balaban J connectivity index is 3.07. The summed E-state index contributed by atoms with van der Waals surface area (Å²) in [5, 5.41) is 6.91. The smallest absolute Gasteiger partial charge is 0.264 e. The molecule has 0 saturated heterocycles. The molecule has 0 radical (unpaired) electrons. The second-order valence-electron chi connectivity index (χ2n) is 5.20. The number of rotatable bonds is 5. The molecule has 1 heterocycles. The number of carbonyl (C=O) groups excluding carboxylic acids is 1. The summed E-state index contributed by atoms with van der Waals surface area (Å²) in [6.45, 7) is 9.35. The van der Waals surface area contributed by atoms with Gasteiger partial charge in [-0.15, -0.1) is 0 Å². The van der Waals surface area contributed by atoms with Crippen LogP contribution in [-0.2, 0) is 13.8 Å². The van der Waals surface area contributed by atoms with Crippen molar-refractivity contribution in [3.8, 4) is 0 Å². The lowest BCUT2D eigenvalue weighted by atomic mass is 10.2. The second-order valence-corrected chi connectivity index (χ2v) is 7.70. The number of nitrogens with zero attached hydrogens (tertiary/aromatic N) is 2. The van der Waals surface area contributed by atoms with Gasteiger partial charge in [-0.1, -0.05) is 13.8 Å². The summed E-state index contributed by atoms with van der Waals surface area (Å²) in [6.07, 6.45) is 0. The molecule has 0 fully saturated rings. The molecule has 1 rings (SSSR count). The van der Waals surface area contributed by atoms with Gasteiger partial charge in [0.25, 0.3) is 9.05 Å². The van der Waals surface area contributed by atoms with E-state index in [0.29, 0.717) is 23.9 Å². The number of carbonyl (C=O) groups is 1. The van der Waals surface area contributed by atoms with Crippen LogP contribution in [-0.4, -0.2) is 30.7 Å². The summed E-state index contributed by atoms with van der Waals surface area (Å²) in [5.74, 6) is 0.133. The molecule has 1 unspecified atom stereocenters. The lowest BCUT2D eigenvalue weighted by Gasteiger charge is -2.15. The van der Waals surface area contributed by atoms with Gasteiger partial charge in [0, 0.05) is 17.2 Å². The molecule has 20 heavy (non-hydrogen) atoms. The highest BCUT2D eigenvalue weighted by molar-refractivity contribution is 8.13. The van der Waals surface area contributed by atoms with Crippen molar-refractivity contribution in [3.63, 3.8) is 0 Å². The van der Waals surface area contributed by atoms with Crippen molar-refractivity contribution in [3.05, 3.63) is 11.4 Å². The minimum absolute atomic E-state index is 0.0253. The molecule has 0 aliphatic heterocycles. The zero-order valence-corrected chi connectivity index (χ0v) is 13.8. The third-order valence-corrected chi connectivity index (χ3v) is 4.47. The highest BCUT2D eigenvalue weighted by Crippen LogP contribution is 2.25. The van der Waals surface area contributed by atoms with Crippen molar-refractivity contribution >= 4 is 25.6 Å².